The maximum absolute atomic E-state index is 10.5. The summed E-state index contributed by atoms with van der Waals surface area (Å²) in [6, 6.07) is -0.959. The average Bonchev–Trinajstić information content (AvgIpc) is 2.85. The van der Waals surface area contributed by atoms with Gasteiger partial charge in [-0.25, -0.2) is 0 Å². The first-order valence-corrected chi connectivity index (χ1v) is 11.0. The minimum Gasteiger partial charge on any atom is -0.394 e. The van der Waals surface area contributed by atoms with Crippen molar-refractivity contribution >= 4 is 0 Å². The minimum atomic E-state index is -1.44. The molecule has 0 aliphatic carbocycles. The molecule has 1 aliphatic rings. The van der Waals surface area contributed by atoms with Crippen LogP contribution in [0.2, 0.25) is 0 Å². The van der Waals surface area contributed by atoms with Crippen LogP contribution >= 0.6 is 0 Å². The zero-order valence-corrected chi connectivity index (χ0v) is 19.5. The zero-order valence-electron chi connectivity index (χ0n) is 19.5. The van der Waals surface area contributed by atoms with Gasteiger partial charge in [0.2, 0.25) is 0 Å². The van der Waals surface area contributed by atoms with Gasteiger partial charge in [-0.05, 0) is 6.92 Å². The van der Waals surface area contributed by atoms with Crippen molar-refractivity contribution in [3.63, 3.8) is 0 Å². The third kappa shape index (κ3) is 9.12. The highest BCUT2D eigenvalue weighted by Gasteiger charge is 2.45. The quantitative estimate of drug-likeness (QED) is 0.0839. The molecule has 1 aliphatic heterocycles. The number of nitrogens with two attached hydrogens (primary N) is 3. The van der Waals surface area contributed by atoms with Crippen molar-refractivity contribution in [2.75, 3.05) is 46.6 Å². The van der Waals surface area contributed by atoms with Gasteiger partial charge in [-0.1, -0.05) is 0 Å². The van der Waals surface area contributed by atoms with Gasteiger partial charge in [-0.3, -0.25) is 0 Å². The van der Waals surface area contributed by atoms with Gasteiger partial charge in [0.15, 0.2) is 18.9 Å². The van der Waals surface area contributed by atoms with Crippen LogP contribution in [-0.2, 0) is 28.4 Å². The number of hydrogen-bond donors (Lipinski definition) is 9. The van der Waals surface area contributed by atoms with E-state index in [1.165, 1.54) is 14.0 Å². The maximum Gasteiger partial charge on any atom is 0.175 e. The molecule has 1 saturated heterocycles. The molecule has 1 heterocycles. The molecule has 0 bridgehead atoms. The molecule has 1 fully saturated rings. The van der Waals surface area contributed by atoms with Crippen LogP contribution in [0.1, 0.15) is 6.92 Å². The molecular formula is C19H41N3O12. The van der Waals surface area contributed by atoms with Gasteiger partial charge in [0.25, 0.3) is 0 Å². The Morgan fingerprint density at radius 1 is 1.03 bits per heavy atom. The third-order valence-electron chi connectivity index (χ3n) is 5.26. The highest BCUT2D eigenvalue weighted by molar-refractivity contribution is 4.92. The number of ether oxygens (including phenoxy) is 6. The summed E-state index contributed by atoms with van der Waals surface area (Å²) in [4.78, 5) is 0. The van der Waals surface area contributed by atoms with Gasteiger partial charge in [-0.15, -0.1) is 0 Å². The SMILES string of the molecule is CO[C@H]1OC(CO)[C@H](O[C@@H](CN)OC(CO)COC(C)OC(CO)[C@H](O)[C@@H](O)CN)C(O)[C@H]1N. The average molecular weight is 504 g/mol. The minimum absolute atomic E-state index is 0.178. The van der Waals surface area contributed by atoms with Crippen LogP contribution in [-0.4, -0.2) is 145 Å². The van der Waals surface area contributed by atoms with E-state index in [9.17, 15) is 30.6 Å². The fraction of sp³-hybridized carbons (Fsp3) is 1.00. The van der Waals surface area contributed by atoms with Gasteiger partial charge in [0.1, 0.15) is 36.6 Å². The molecule has 1 rings (SSSR count). The number of hydrogen-bond acceptors (Lipinski definition) is 15. The number of aliphatic hydroxyl groups is 6. The monoisotopic (exact) mass is 503 g/mol. The molecule has 0 aromatic carbocycles. The summed E-state index contributed by atoms with van der Waals surface area (Å²) in [5.74, 6) is 0. The fourth-order valence-corrected chi connectivity index (χ4v) is 3.28. The van der Waals surface area contributed by atoms with Gasteiger partial charge < -0.3 is 76.3 Å². The van der Waals surface area contributed by atoms with Gasteiger partial charge in [0.05, 0.1) is 38.6 Å². The van der Waals surface area contributed by atoms with E-state index in [4.69, 9.17) is 45.6 Å². The van der Waals surface area contributed by atoms with Gasteiger partial charge >= 0.3 is 0 Å². The molecule has 204 valence electrons. The van der Waals surface area contributed by atoms with Crippen molar-refractivity contribution in [3.8, 4) is 0 Å². The van der Waals surface area contributed by atoms with Crippen molar-refractivity contribution in [1.82, 2.24) is 0 Å². The Kier molecular flexibility index (Phi) is 15.0. The van der Waals surface area contributed by atoms with Crippen LogP contribution in [0.4, 0.5) is 0 Å². The lowest BCUT2D eigenvalue weighted by Gasteiger charge is -2.43. The molecule has 12 N–H and O–H groups in total. The summed E-state index contributed by atoms with van der Waals surface area (Å²) < 4.78 is 32.7. The largest absolute Gasteiger partial charge is 0.394 e. The van der Waals surface area contributed by atoms with E-state index in [-0.39, 0.29) is 19.7 Å². The van der Waals surface area contributed by atoms with E-state index in [2.05, 4.69) is 0 Å². The first-order valence-electron chi connectivity index (χ1n) is 11.0. The molecule has 0 spiro atoms. The maximum atomic E-state index is 10.5. The van der Waals surface area contributed by atoms with Crippen LogP contribution in [0, 0.1) is 0 Å². The number of methoxy groups -OCH3 is 1. The standard InChI is InChI=1S/C19H41N3O12/c1-9(31-12(6-24)16(27)11(26)3-20)30-8-10(5-23)32-14(4-21)34-18-13(7-25)33-19(29-2)15(22)17(18)28/h9-19,23-28H,3-8,20-22H2,1-2H3/t9?,10?,11-,12?,13?,14-,15+,16+,17?,18-,19-/m0/s1. The van der Waals surface area contributed by atoms with E-state index in [0.29, 0.717) is 0 Å². The van der Waals surface area contributed by atoms with Crippen molar-refractivity contribution in [1.29, 1.82) is 0 Å². The molecule has 0 radical (unpaired) electrons. The summed E-state index contributed by atoms with van der Waals surface area (Å²) in [6.07, 6.45) is -11.2. The van der Waals surface area contributed by atoms with E-state index >= 15 is 0 Å². The fourth-order valence-electron chi connectivity index (χ4n) is 3.28. The van der Waals surface area contributed by atoms with Crippen LogP contribution in [0.25, 0.3) is 0 Å². The lowest BCUT2D eigenvalue weighted by Crippen LogP contribution is -2.64. The number of aliphatic hydroxyl groups excluding tert-OH is 6. The Morgan fingerprint density at radius 3 is 2.21 bits per heavy atom. The van der Waals surface area contributed by atoms with E-state index in [1.807, 2.05) is 0 Å². The Bertz CT molecular complexity index is 537. The molecule has 0 aromatic rings. The highest BCUT2D eigenvalue weighted by atomic mass is 16.7. The van der Waals surface area contributed by atoms with Gasteiger partial charge in [-0.2, -0.15) is 0 Å². The summed E-state index contributed by atoms with van der Waals surface area (Å²) in [7, 11) is 1.35. The lowest BCUT2D eigenvalue weighted by molar-refractivity contribution is -0.303. The molecule has 15 heteroatoms. The van der Waals surface area contributed by atoms with E-state index in [0.717, 1.165) is 0 Å². The molecule has 0 aromatic heterocycles. The summed E-state index contributed by atoms with van der Waals surface area (Å²) in [5, 5.41) is 58.7. The van der Waals surface area contributed by atoms with Crippen molar-refractivity contribution < 1.29 is 59.1 Å². The smallest absolute Gasteiger partial charge is 0.175 e. The predicted molar refractivity (Wildman–Crippen MR) is 115 cm³/mol. The lowest BCUT2D eigenvalue weighted by atomic mass is 9.97. The summed E-state index contributed by atoms with van der Waals surface area (Å²) in [6.45, 7) is -0.728. The Morgan fingerprint density at radius 2 is 1.71 bits per heavy atom. The predicted octanol–water partition coefficient (Wildman–Crippen LogP) is -5.49. The second-order valence-electron chi connectivity index (χ2n) is 7.79. The molecule has 5 unspecified atom stereocenters. The van der Waals surface area contributed by atoms with Crippen molar-refractivity contribution in [3.05, 3.63) is 0 Å². The molecular weight excluding hydrogens is 462 g/mol. The zero-order chi connectivity index (χ0) is 25.8. The van der Waals surface area contributed by atoms with E-state index < -0.39 is 87.5 Å². The Labute approximate surface area is 198 Å². The third-order valence-corrected chi connectivity index (χ3v) is 5.26. The van der Waals surface area contributed by atoms with E-state index in [1.54, 1.807) is 0 Å². The second-order valence-corrected chi connectivity index (χ2v) is 7.79. The normalized spacial score (nSPS) is 31.0. The van der Waals surface area contributed by atoms with Gasteiger partial charge in [0, 0.05) is 20.2 Å². The summed E-state index contributed by atoms with van der Waals surface area (Å²) >= 11 is 0. The Hall–Kier alpha value is -0.600. The van der Waals surface area contributed by atoms with Crippen LogP contribution in [0.15, 0.2) is 0 Å². The molecule has 0 saturated carbocycles. The van der Waals surface area contributed by atoms with Crippen LogP contribution < -0.4 is 17.2 Å². The molecule has 15 nitrogen and oxygen atoms in total. The topological polar surface area (TPSA) is 255 Å². The van der Waals surface area contributed by atoms with Crippen LogP contribution in [0.3, 0.4) is 0 Å². The highest BCUT2D eigenvalue weighted by Crippen LogP contribution is 2.24. The van der Waals surface area contributed by atoms with Crippen molar-refractivity contribution in [2.45, 2.75) is 74.6 Å². The van der Waals surface area contributed by atoms with Crippen LogP contribution in [0.5, 0.6) is 0 Å². The second kappa shape index (κ2) is 16.2. The molecule has 11 atom stereocenters. The molecule has 0 amide bonds. The Balaban J connectivity index is 2.65. The van der Waals surface area contributed by atoms with Crippen molar-refractivity contribution in [2.24, 2.45) is 17.2 Å². The first kappa shape index (κ1) is 31.4. The molecule has 34 heavy (non-hydrogen) atoms. The first-order chi connectivity index (χ1) is 16.2. The number of rotatable bonds is 17. The summed E-state index contributed by atoms with van der Waals surface area (Å²) in [5.41, 5.74) is 16.9.